The second-order valence-electron chi connectivity index (χ2n) is 1.66. The molecule has 0 bridgehead atoms. The summed E-state index contributed by atoms with van der Waals surface area (Å²) in [6.45, 7) is 1.85. The molecule has 0 unspecified atom stereocenters. The van der Waals surface area contributed by atoms with E-state index in [4.69, 9.17) is 5.11 Å². The van der Waals surface area contributed by atoms with Crippen LogP contribution in [0.5, 0.6) is 0 Å². The zero-order valence-corrected chi connectivity index (χ0v) is 5.37. The van der Waals surface area contributed by atoms with Gasteiger partial charge in [-0.15, -0.1) is 12.4 Å². The number of hydrogen-bond donors (Lipinski definition) is 3. The molecule has 0 amide bonds. The van der Waals surface area contributed by atoms with Crippen LogP contribution in [-0.2, 0) is 0 Å². The van der Waals surface area contributed by atoms with E-state index in [2.05, 4.69) is 10.6 Å². The summed E-state index contributed by atoms with van der Waals surface area (Å²) >= 11 is 0. The molecule has 0 aromatic heterocycles. The summed E-state index contributed by atoms with van der Waals surface area (Å²) in [5, 5.41) is 14.3. The number of aliphatic hydroxyl groups excluding tert-OH is 1. The SMILES string of the molecule is Cl.OC1NCCCN1. The monoisotopic (exact) mass is 138 g/mol. The van der Waals surface area contributed by atoms with E-state index in [9.17, 15) is 0 Å². The minimum absolute atomic E-state index is 0. The Morgan fingerprint density at radius 2 is 1.75 bits per heavy atom. The first-order valence-electron chi connectivity index (χ1n) is 2.54. The normalized spacial score (nSPS) is 22.1. The summed E-state index contributed by atoms with van der Waals surface area (Å²) in [6, 6.07) is 0. The lowest BCUT2D eigenvalue weighted by Crippen LogP contribution is -2.47. The van der Waals surface area contributed by atoms with E-state index < -0.39 is 6.35 Å². The van der Waals surface area contributed by atoms with Crippen LogP contribution in [0.15, 0.2) is 0 Å². The number of rotatable bonds is 0. The molecule has 0 saturated carbocycles. The minimum atomic E-state index is -0.464. The van der Waals surface area contributed by atoms with Crippen LogP contribution in [0.3, 0.4) is 0 Å². The van der Waals surface area contributed by atoms with Crippen molar-refractivity contribution in [3.05, 3.63) is 0 Å². The van der Waals surface area contributed by atoms with Gasteiger partial charge in [0.05, 0.1) is 0 Å². The van der Waals surface area contributed by atoms with Gasteiger partial charge in [-0.2, -0.15) is 0 Å². The molecule has 8 heavy (non-hydrogen) atoms. The second-order valence-corrected chi connectivity index (χ2v) is 1.66. The predicted octanol–water partition coefficient (Wildman–Crippen LogP) is -0.733. The molecule has 1 heterocycles. The summed E-state index contributed by atoms with van der Waals surface area (Å²) in [4.78, 5) is 0. The molecule has 0 spiro atoms. The molecule has 1 aliphatic heterocycles. The predicted molar refractivity (Wildman–Crippen MR) is 33.9 cm³/mol. The van der Waals surface area contributed by atoms with Crippen molar-refractivity contribution < 1.29 is 5.11 Å². The Kier molecular flexibility index (Phi) is 4.18. The molecule has 0 aliphatic carbocycles. The van der Waals surface area contributed by atoms with Crippen LogP contribution in [-0.4, -0.2) is 24.5 Å². The molecule has 0 aromatic rings. The Hall–Kier alpha value is 0.170. The van der Waals surface area contributed by atoms with Crippen molar-refractivity contribution in [1.82, 2.24) is 10.6 Å². The Balaban J connectivity index is 0.000000490. The minimum Gasteiger partial charge on any atom is -0.365 e. The second kappa shape index (κ2) is 4.09. The van der Waals surface area contributed by atoms with Gasteiger partial charge in [0.25, 0.3) is 0 Å². The van der Waals surface area contributed by atoms with Crippen molar-refractivity contribution >= 4 is 12.4 Å². The molecule has 0 radical (unpaired) electrons. The fraction of sp³-hybridized carbons (Fsp3) is 1.00. The van der Waals surface area contributed by atoms with Gasteiger partial charge in [0.15, 0.2) is 6.35 Å². The van der Waals surface area contributed by atoms with Gasteiger partial charge >= 0.3 is 0 Å². The summed E-state index contributed by atoms with van der Waals surface area (Å²) in [5.74, 6) is 0. The van der Waals surface area contributed by atoms with E-state index in [1.54, 1.807) is 0 Å². The van der Waals surface area contributed by atoms with E-state index in [0.29, 0.717) is 0 Å². The largest absolute Gasteiger partial charge is 0.365 e. The number of nitrogens with one attached hydrogen (secondary N) is 2. The van der Waals surface area contributed by atoms with E-state index in [1.165, 1.54) is 0 Å². The van der Waals surface area contributed by atoms with Gasteiger partial charge in [-0.05, 0) is 19.5 Å². The van der Waals surface area contributed by atoms with Crippen LogP contribution < -0.4 is 10.6 Å². The van der Waals surface area contributed by atoms with Crippen LogP contribution in [0.2, 0.25) is 0 Å². The molecule has 3 nitrogen and oxygen atoms in total. The molecule has 1 saturated heterocycles. The van der Waals surface area contributed by atoms with E-state index in [-0.39, 0.29) is 12.4 Å². The Morgan fingerprint density at radius 1 is 1.25 bits per heavy atom. The zero-order chi connectivity index (χ0) is 5.11. The zero-order valence-electron chi connectivity index (χ0n) is 4.55. The number of halogens is 1. The topological polar surface area (TPSA) is 44.3 Å². The smallest absolute Gasteiger partial charge is 0.160 e. The lowest BCUT2D eigenvalue weighted by molar-refractivity contribution is 0.0855. The molecular formula is C4H11ClN2O. The summed E-state index contributed by atoms with van der Waals surface area (Å²) in [7, 11) is 0. The highest BCUT2D eigenvalue weighted by atomic mass is 35.5. The van der Waals surface area contributed by atoms with Crippen molar-refractivity contribution in [2.75, 3.05) is 13.1 Å². The quantitative estimate of drug-likeness (QED) is 0.414. The van der Waals surface area contributed by atoms with Crippen molar-refractivity contribution in [1.29, 1.82) is 0 Å². The van der Waals surface area contributed by atoms with Crippen molar-refractivity contribution in [3.63, 3.8) is 0 Å². The van der Waals surface area contributed by atoms with Crippen LogP contribution in [0.4, 0.5) is 0 Å². The number of hydrogen-bond acceptors (Lipinski definition) is 3. The highest BCUT2D eigenvalue weighted by molar-refractivity contribution is 5.85. The maximum Gasteiger partial charge on any atom is 0.160 e. The lowest BCUT2D eigenvalue weighted by atomic mass is 10.4. The molecule has 50 valence electrons. The standard InChI is InChI=1S/C4H10N2O.ClH/c7-4-5-2-1-3-6-4;/h4-7H,1-3H2;1H. The summed E-state index contributed by atoms with van der Waals surface area (Å²) in [6.07, 6.45) is 0.644. The summed E-state index contributed by atoms with van der Waals surface area (Å²) in [5.41, 5.74) is 0. The Bertz CT molecular complexity index is 56.0. The maximum atomic E-state index is 8.69. The van der Waals surface area contributed by atoms with Crippen LogP contribution in [0.1, 0.15) is 6.42 Å². The molecular weight excluding hydrogens is 128 g/mol. The molecule has 3 N–H and O–H groups in total. The average Bonchev–Trinajstić information content (AvgIpc) is 1.69. The van der Waals surface area contributed by atoms with Gasteiger partial charge in [-0.25, -0.2) is 0 Å². The van der Waals surface area contributed by atoms with Gasteiger partial charge < -0.3 is 5.11 Å². The van der Waals surface area contributed by atoms with E-state index >= 15 is 0 Å². The molecule has 0 atom stereocenters. The van der Waals surface area contributed by atoms with Crippen molar-refractivity contribution in [3.8, 4) is 0 Å². The third-order valence-electron chi connectivity index (χ3n) is 1.03. The first kappa shape index (κ1) is 8.17. The van der Waals surface area contributed by atoms with Crippen LogP contribution in [0.25, 0.3) is 0 Å². The van der Waals surface area contributed by atoms with Gasteiger partial charge in [0.1, 0.15) is 0 Å². The van der Waals surface area contributed by atoms with E-state index in [1.807, 2.05) is 0 Å². The van der Waals surface area contributed by atoms with Gasteiger partial charge in [0.2, 0.25) is 0 Å². The molecule has 1 fully saturated rings. The highest BCUT2D eigenvalue weighted by Crippen LogP contribution is 1.82. The first-order valence-corrected chi connectivity index (χ1v) is 2.54. The van der Waals surface area contributed by atoms with Gasteiger partial charge in [-0.3, -0.25) is 10.6 Å². The number of aliphatic hydroxyl groups is 1. The third-order valence-corrected chi connectivity index (χ3v) is 1.03. The molecule has 1 rings (SSSR count). The average molecular weight is 139 g/mol. The lowest BCUT2D eigenvalue weighted by Gasteiger charge is -2.19. The van der Waals surface area contributed by atoms with Gasteiger partial charge in [-0.1, -0.05) is 0 Å². The van der Waals surface area contributed by atoms with Gasteiger partial charge in [0, 0.05) is 0 Å². The Morgan fingerprint density at radius 3 is 2.00 bits per heavy atom. The van der Waals surface area contributed by atoms with Crippen molar-refractivity contribution in [2.24, 2.45) is 0 Å². The van der Waals surface area contributed by atoms with Crippen LogP contribution >= 0.6 is 12.4 Å². The molecule has 4 heteroatoms. The highest BCUT2D eigenvalue weighted by Gasteiger charge is 2.04. The fourth-order valence-electron chi connectivity index (χ4n) is 0.638. The Labute approximate surface area is 54.9 Å². The van der Waals surface area contributed by atoms with Crippen molar-refractivity contribution in [2.45, 2.75) is 12.8 Å². The maximum absolute atomic E-state index is 8.69. The fourth-order valence-corrected chi connectivity index (χ4v) is 0.638. The van der Waals surface area contributed by atoms with E-state index in [0.717, 1.165) is 19.5 Å². The molecule has 1 aliphatic rings. The molecule has 0 aromatic carbocycles. The summed E-state index contributed by atoms with van der Waals surface area (Å²) < 4.78 is 0. The van der Waals surface area contributed by atoms with Crippen LogP contribution in [0, 0.1) is 0 Å². The first-order chi connectivity index (χ1) is 3.39. The third kappa shape index (κ3) is 2.47.